The maximum Gasteiger partial charge on any atom is 0.335 e. The predicted molar refractivity (Wildman–Crippen MR) is 135 cm³/mol. The van der Waals surface area contributed by atoms with Gasteiger partial charge < -0.3 is 14.9 Å². The number of para-hydroxylation sites is 1. The minimum Gasteiger partial charge on any atom is -0.478 e. The maximum atomic E-state index is 13.2. The number of carboxylic acid groups (broad SMARTS) is 1. The lowest BCUT2D eigenvalue weighted by Gasteiger charge is -2.21. The first kappa shape index (κ1) is 23.0. The van der Waals surface area contributed by atoms with E-state index in [4.69, 9.17) is 11.6 Å². The fourth-order valence-electron chi connectivity index (χ4n) is 3.54. The van der Waals surface area contributed by atoms with Crippen molar-refractivity contribution in [3.8, 4) is 0 Å². The van der Waals surface area contributed by atoms with Crippen LogP contribution < -0.4 is 9.80 Å². The minimum absolute atomic E-state index is 0.0303. The first-order chi connectivity index (χ1) is 16.3. The summed E-state index contributed by atoms with van der Waals surface area (Å²) in [6, 6.07) is 24.9. The maximum absolute atomic E-state index is 13.2. The minimum atomic E-state index is -1.11. The summed E-state index contributed by atoms with van der Waals surface area (Å²) >= 11 is 5.96. The first-order valence-electron chi connectivity index (χ1n) is 10.5. The molecular formula is C27H22ClN3O3. The van der Waals surface area contributed by atoms with Crippen LogP contribution in [0.3, 0.4) is 0 Å². The number of benzene rings is 3. The summed E-state index contributed by atoms with van der Waals surface area (Å²) in [5.74, 6) is -1.46. The van der Waals surface area contributed by atoms with Crippen molar-refractivity contribution in [1.82, 2.24) is 4.98 Å². The third kappa shape index (κ3) is 4.92. The largest absolute Gasteiger partial charge is 0.478 e. The molecule has 170 valence electrons. The van der Waals surface area contributed by atoms with E-state index < -0.39 is 5.97 Å². The molecule has 0 unspecified atom stereocenters. The highest BCUT2D eigenvalue weighted by Gasteiger charge is 2.17. The molecule has 0 amide bonds. The van der Waals surface area contributed by atoms with Gasteiger partial charge >= 0.3 is 5.97 Å². The lowest BCUT2D eigenvalue weighted by Crippen LogP contribution is -2.14. The number of carbonyl (C=O) groups is 2. The summed E-state index contributed by atoms with van der Waals surface area (Å²) in [6.07, 6.45) is 1.61. The lowest BCUT2D eigenvalue weighted by atomic mass is 10.0. The quantitative estimate of drug-likeness (QED) is 0.323. The molecule has 34 heavy (non-hydrogen) atoms. The molecule has 1 N–H and O–H groups in total. The Hall–Kier alpha value is -4.16. The van der Waals surface area contributed by atoms with Crippen LogP contribution in [0.15, 0.2) is 91.1 Å². The molecule has 0 saturated carbocycles. The van der Waals surface area contributed by atoms with Crippen LogP contribution in [-0.2, 0) is 0 Å². The monoisotopic (exact) mass is 471 g/mol. The Balaban J connectivity index is 1.63. The van der Waals surface area contributed by atoms with E-state index in [2.05, 4.69) is 4.98 Å². The van der Waals surface area contributed by atoms with Crippen molar-refractivity contribution in [3.05, 3.63) is 113 Å². The second-order valence-electron chi connectivity index (χ2n) is 7.73. The Morgan fingerprint density at radius 2 is 1.32 bits per heavy atom. The molecule has 7 heteroatoms. The third-order valence-electron chi connectivity index (χ3n) is 5.54. The topological polar surface area (TPSA) is 73.7 Å². The van der Waals surface area contributed by atoms with Gasteiger partial charge in [0.1, 0.15) is 5.69 Å². The van der Waals surface area contributed by atoms with Crippen LogP contribution in [0.5, 0.6) is 0 Å². The van der Waals surface area contributed by atoms with Gasteiger partial charge in [0.15, 0.2) is 0 Å². The van der Waals surface area contributed by atoms with E-state index in [1.54, 1.807) is 42.6 Å². The predicted octanol–water partition coefficient (Wildman–Crippen LogP) is 6.20. The average Bonchev–Trinajstić information content (AvgIpc) is 2.88. The van der Waals surface area contributed by atoms with Crippen LogP contribution in [0.1, 0.15) is 26.4 Å². The Kier molecular flexibility index (Phi) is 6.61. The number of aromatic nitrogens is 1. The van der Waals surface area contributed by atoms with Gasteiger partial charge in [0, 0.05) is 41.7 Å². The summed E-state index contributed by atoms with van der Waals surface area (Å²) in [5, 5.41) is 10.3. The van der Waals surface area contributed by atoms with Crippen molar-refractivity contribution < 1.29 is 14.7 Å². The zero-order valence-electron chi connectivity index (χ0n) is 18.6. The molecule has 4 aromatic rings. The molecule has 0 spiro atoms. The van der Waals surface area contributed by atoms with E-state index in [9.17, 15) is 14.7 Å². The van der Waals surface area contributed by atoms with Crippen LogP contribution in [0.4, 0.5) is 22.7 Å². The molecule has 3 aromatic carbocycles. The Bertz CT molecular complexity index is 1320. The van der Waals surface area contributed by atoms with Gasteiger partial charge in [-0.1, -0.05) is 29.8 Å². The van der Waals surface area contributed by atoms with E-state index >= 15 is 0 Å². The number of carboxylic acids is 1. The van der Waals surface area contributed by atoms with Crippen molar-refractivity contribution in [3.63, 3.8) is 0 Å². The normalized spacial score (nSPS) is 10.6. The molecule has 0 bridgehead atoms. The SMILES string of the molecule is CN(c1ccc(Cl)cc1)c1ccc(C(=O)c2cc(C(=O)O)cc(N(C)c3ccccc3)c2)nc1. The standard InChI is InChI=1S/C27H22ClN3O3/c1-30(22-10-8-20(28)9-11-22)23-12-13-25(29-17-23)26(32)18-14-19(27(33)34)16-24(15-18)31(2)21-6-4-3-5-7-21/h3-17H,1-2H3,(H,33,34). The molecular weight excluding hydrogens is 450 g/mol. The van der Waals surface area contributed by atoms with E-state index in [0.717, 1.165) is 17.1 Å². The Morgan fingerprint density at radius 3 is 1.94 bits per heavy atom. The molecule has 0 aliphatic rings. The van der Waals surface area contributed by atoms with E-state index in [-0.39, 0.29) is 22.6 Å². The van der Waals surface area contributed by atoms with Gasteiger partial charge in [-0.25, -0.2) is 4.79 Å². The number of pyridine rings is 1. The Morgan fingerprint density at radius 1 is 0.735 bits per heavy atom. The van der Waals surface area contributed by atoms with Crippen molar-refractivity contribution >= 4 is 46.1 Å². The number of hydrogen-bond donors (Lipinski definition) is 1. The molecule has 0 aliphatic carbocycles. The van der Waals surface area contributed by atoms with Gasteiger partial charge in [-0.2, -0.15) is 0 Å². The molecule has 0 saturated heterocycles. The third-order valence-corrected chi connectivity index (χ3v) is 5.79. The summed E-state index contributed by atoms with van der Waals surface area (Å²) in [4.78, 5) is 33.1. The van der Waals surface area contributed by atoms with Gasteiger partial charge in [-0.3, -0.25) is 9.78 Å². The molecule has 0 radical (unpaired) electrons. The summed E-state index contributed by atoms with van der Waals surface area (Å²) < 4.78 is 0. The number of carbonyl (C=O) groups excluding carboxylic acids is 1. The van der Waals surface area contributed by atoms with Gasteiger partial charge in [0.05, 0.1) is 17.4 Å². The van der Waals surface area contributed by atoms with Crippen LogP contribution in [0.2, 0.25) is 5.02 Å². The summed E-state index contributed by atoms with van der Waals surface area (Å²) in [5.41, 5.74) is 3.69. The van der Waals surface area contributed by atoms with Gasteiger partial charge in [0.2, 0.25) is 5.78 Å². The van der Waals surface area contributed by atoms with E-state index in [0.29, 0.717) is 10.7 Å². The van der Waals surface area contributed by atoms with Crippen molar-refractivity contribution in [2.24, 2.45) is 0 Å². The van der Waals surface area contributed by atoms with Crippen LogP contribution in [0, 0.1) is 0 Å². The van der Waals surface area contributed by atoms with Crippen molar-refractivity contribution in [2.45, 2.75) is 0 Å². The zero-order chi connectivity index (χ0) is 24.2. The van der Waals surface area contributed by atoms with Crippen LogP contribution in [0.25, 0.3) is 0 Å². The van der Waals surface area contributed by atoms with Crippen LogP contribution in [-0.4, -0.2) is 35.9 Å². The number of nitrogens with zero attached hydrogens (tertiary/aromatic N) is 3. The lowest BCUT2D eigenvalue weighted by molar-refractivity contribution is 0.0697. The summed E-state index contributed by atoms with van der Waals surface area (Å²) in [6.45, 7) is 0. The average molecular weight is 472 g/mol. The number of anilines is 4. The molecule has 0 atom stereocenters. The number of hydrogen-bond acceptors (Lipinski definition) is 5. The summed E-state index contributed by atoms with van der Waals surface area (Å²) in [7, 11) is 3.72. The number of ketones is 1. The van der Waals surface area contributed by atoms with Crippen molar-refractivity contribution in [1.29, 1.82) is 0 Å². The zero-order valence-corrected chi connectivity index (χ0v) is 19.4. The Labute approximate surface area is 202 Å². The molecule has 1 aromatic heterocycles. The second kappa shape index (κ2) is 9.77. The fraction of sp³-hybridized carbons (Fsp3) is 0.0741. The molecule has 4 rings (SSSR count). The van der Waals surface area contributed by atoms with Gasteiger partial charge in [-0.15, -0.1) is 0 Å². The van der Waals surface area contributed by atoms with Crippen LogP contribution >= 0.6 is 11.6 Å². The molecule has 1 heterocycles. The first-order valence-corrected chi connectivity index (χ1v) is 10.9. The number of rotatable bonds is 7. The molecule has 0 fully saturated rings. The molecule has 6 nitrogen and oxygen atoms in total. The highest BCUT2D eigenvalue weighted by molar-refractivity contribution is 6.30. The van der Waals surface area contributed by atoms with E-state index in [1.165, 1.54) is 6.07 Å². The number of aromatic carboxylic acids is 1. The van der Waals surface area contributed by atoms with E-state index in [1.807, 2.05) is 66.4 Å². The highest BCUT2D eigenvalue weighted by atomic mass is 35.5. The smallest absolute Gasteiger partial charge is 0.335 e. The molecule has 0 aliphatic heterocycles. The number of halogens is 1. The van der Waals surface area contributed by atoms with Gasteiger partial charge in [-0.05, 0) is 66.7 Å². The highest BCUT2D eigenvalue weighted by Crippen LogP contribution is 2.28. The fourth-order valence-corrected chi connectivity index (χ4v) is 3.67. The van der Waals surface area contributed by atoms with Crippen molar-refractivity contribution in [2.75, 3.05) is 23.9 Å². The second-order valence-corrected chi connectivity index (χ2v) is 8.17. The van der Waals surface area contributed by atoms with Gasteiger partial charge in [0.25, 0.3) is 0 Å².